The van der Waals surface area contributed by atoms with Crippen molar-refractivity contribution in [3.8, 4) is 6.07 Å². The third kappa shape index (κ3) is 3.16. The van der Waals surface area contributed by atoms with Gasteiger partial charge in [0.2, 0.25) is 0 Å². The predicted molar refractivity (Wildman–Crippen MR) is 49.6 cm³/mol. The fourth-order valence-corrected chi connectivity index (χ4v) is 1.70. The van der Waals surface area contributed by atoms with Crippen LogP contribution in [0.25, 0.3) is 0 Å². The Morgan fingerprint density at radius 2 is 2.54 bits per heavy atom. The van der Waals surface area contributed by atoms with Gasteiger partial charge in [-0.15, -0.1) is 0 Å². The van der Waals surface area contributed by atoms with Crippen molar-refractivity contribution < 1.29 is 4.39 Å². The summed E-state index contributed by atoms with van der Waals surface area (Å²) in [6.45, 7) is 4.25. The highest BCUT2D eigenvalue weighted by Gasteiger charge is 2.19. The van der Waals surface area contributed by atoms with Crippen LogP contribution in [0.4, 0.5) is 4.39 Å². The molecule has 13 heavy (non-hydrogen) atoms. The molecule has 1 aliphatic rings. The van der Waals surface area contributed by atoms with Gasteiger partial charge < -0.3 is 0 Å². The second kappa shape index (κ2) is 4.98. The molecule has 1 rings (SSSR count). The number of nitriles is 1. The summed E-state index contributed by atoms with van der Waals surface area (Å²) in [4.78, 5) is 2.07. The van der Waals surface area contributed by atoms with E-state index in [4.69, 9.17) is 5.26 Å². The van der Waals surface area contributed by atoms with Crippen molar-refractivity contribution in [2.24, 2.45) is 5.92 Å². The quantitative estimate of drug-likeness (QED) is 0.668. The van der Waals surface area contributed by atoms with Crippen LogP contribution in [0.3, 0.4) is 0 Å². The van der Waals surface area contributed by atoms with E-state index in [2.05, 4.69) is 17.9 Å². The molecule has 0 aliphatic carbocycles. The fourth-order valence-electron chi connectivity index (χ4n) is 1.70. The molecule has 1 heterocycles. The highest BCUT2D eigenvalue weighted by Crippen LogP contribution is 2.18. The van der Waals surface area contributed by atoms with Gasteiger partial charge in [-0.1, -0.05) is 6.92 Å². The standard InChI is InChI=1S/C10H15FN2/c1-2-5-13-7-9(3-4-12)6-10(11)8-13/h6,9H,2-3,5,7-8H2,1H3. The van der Waals surface area contributed by atoms with Gasteiger partial charge in [0.05, 0.1) is 6.07 Å². The van der Waals surface area contributed by atoms with Crippen molar-refractivity contribution in [3.63, 3.8) is 0 Å². The second-order valence-electron chi connectivity index (χ2n) is 3.47. The van der Waals surface area contributed by atoms with Crippen LogP contribution >= 0.6 is 0 Å². The minimum Gasteiger partial charge on any atom is -0.296 e. The van der Waals surface area contributed by atoms with Gasteiger partial charge in [-0.25, -0.2) is 4.39 Å². The number of rotatable bonds is 3. The van der Waals surface area contributed by atoms with Crippen LogP contribution < -0.4 is 0 Å². The molecule has 1 aliphatic heterocycles. The summed E-state index contributed by atoms with van der Waals surface area (Å²) in [7, 11) is 0. The van der Waals surface area contributed by atoms with Gasteiger partial charge in [-0.2, -0.15) is 5.26 Å². The zero-order valence-corrected chi connectivity index (χ0v) is 7.96. The summed E-state index contributed by atoms with van der Waals surface area (Å²) >= 11 is 0. The van der Waals surface area contributed by atoms with Crippen molar-refractivity contribution in [1.82, 2.24) is 4.90 Å². The molecule has 1 unspecified atom stereocenters. The van der Waals surface area contributed by atoms with Gasteiger partial charge in [0.25, 0.3) is 0 Å². The maximum atomic E-state index is 13.0. The summed E-state index contributed by atoms with van der Waals surface area (Å²) < 4.78 is 13.0. The van der Waals surface area contributed by atoms with E-state index in [1.807, 2.05) is 0 Å². The van der Waals surface area contributed by atoms with E-state index >= 15 is 0 Å². The van der Waals surface area contributed by atoms with Crippen molar-refractivity contribution >= 4 is 0 Å². The van der Waals surface area contributed by atoms with Crippen molar-refractivity contribution in [1.29, 1.82) is 5.26 Å². The zero-order valence-electron chi connectivity index (χ0n) is 7.96. The average Bonchev–Trinajstić information content (AvgIpc) is 2.04. The molecule has 0 N–H and O–H groups in total. The molecule has 2 nitrogen and oxygen atoms in total. The highest BCUT2D eigenvalue weighted by molar-refractivity contribution is 5.05. The van der Waals surface area contributed by atoms with Crippen LogP contribution in [0.2, 0.25) is 0 Å². The Kier molecular flexibility index (Phi) is 3.91. The van der Waals surface area contributed by atoms with Gasteiger partial charge in [0.1, 0.15) is 5.83 Å². The number of halogens is 1. The predicted octanol–water partition coefficient (Wildman–Crippen LogP) is 2.10. The molecule has 0 fully saturated rings. The molecule has 0 bridgehead atoms. The van der Waals surface area contributed by atoms with Crippen LogP contribution in [-0.2, 0) is 0 Å². The number of hydrogen-bond acceptors (Lipinski definition) is 2. The van der Waals surface area contributed by atoms with Crippen LogP contribution in [0.5, 0.6) is 0 Å². The van der Waals surface area contributed by atoms with E-state index in [1.165, 1.54) is 0 Å². The first-order chi connectivity index (χ1) is 6.26. The lowest BCUT2D eigenvalue weighted by Gasteiger charge is -2.28. The first kappa shape index (κ1) is 10.2. The Bertz CT molecular complexity index is 230. The number of nitrogens with zero attached hydrogens (tertiary/aromatic N) is 2. The second-order valence-corrected chi connectivity index (χ2v) is 3.47. The monoisotopic (exact) mass is 182 g/mol. The van der Waals surface area contributed by atoms with Crippen molar-refractivity contribution in [2.45, 2.75) is 19.8 Å². The molecular weight excluding hydrogens is 167 g/mol. The minimum absolute atomic E-state index is 0.0834. The third-order valence-electron chi connectivity index (χ3n) is 2.18. The molecule has 72 valence electrons. The summed E-state index contributed by atoms with van der Waals surface area (Å²) in [6.07, 6.45) is 3.05. The maximum absolute atomic E-state index is 13.0. The molecule has 0 aromatic carbocycles. The highest BCUT2D eigenvalue weighted by atomic mass is 19.1. The Morgan fingerprint density at radius 1 is 1.77 bits per heavy atom. The SMILES string of the molecule is CCCN1CC(F)=CC(CC#N)C1. The van der Waals surface area contributed by atoms with Gasteiger partial charge in [-0.3, -0.25) is 4.90 Å². The first-order valence-corrected chi connectivity index (χ1v) is 4.71. The Hall–Kier alpha value is -0.880. The molecule has 0 saturated heterocycles. The van der Waals surface area contributed by atoms with Crippen LogP contribution in [0.15, 0.2) is 11.9 Å². The lowest BCUT2D eigenvalue weighted by atomic mass is 10.0. The van der Waals surface area contributed by atoms with E-state index < -0.39 is 0 Å². The molecule has 1 atom stereocenters. The van der Waals surface area contributed by atoms with E-state index in [9.17, 15) is 4.39 Å². The summed E-state index contributed by atoms with van der Waals surface area (Å²) in [5, 5.41) is 8.50. The van der Waals surface area contributed by atoms with E-state index in [-0.39, 0.29) is 11.7 Å². The van der Waals surface area contributed by atoms with Crippen molar-refractivity contribution in [2.75, 3.05) is 19.6 Å². The van der Waals surface area contributed by atoms with E-state index in [1.54, 1.807) is 6.08 Å². The summed E-state index contributed by atoms with van der Waals surface area (Å²) in [5.41, 5.74) is 0. The molecule has 0 aromatic heterocycles. The molecule has 3 heteroatoms. The third-order valence-corrected chi connectivity index (χ3v) is 2.18. The minimum atomic E-state index is -0.0834. The van der Waals surface area contributed by atoms with E-state index in [0.29, 0.717) is 13.0 Å². The fraction of sp³-hybridized carbons (Fsp3) is 0.700. The largest absolute Gasteiger partial charge is 0.296 e. The van der Waals surface area contributed by atoms with Gasteiger partial charge in [0, 0.05) is 25.4 Å². The summed E-state index contributed by atoms with van der Waals surface area (Å²) in [6, 6.07) is 2.08. The van der Waals surface area contributed by atoms with Crippen molar-refractivity contribution in [3.05, 3.63) is 11.9 Å². The van der Waals surface area contributed by atoms with Crippen LogP contribution in [0, 0.1) is 17.2 Å². The van der Waals surface area contributed by atoms with Gasteiger partial charge in [-0.05, 0) is 19.0 Å². The first-order valence-electron chi connectivity index (χ1n) is 4.71. The molecule has 0 radical (unpaired) electrons. The maximum Gasteiger partial charge on any atom is 0.110 e. The lowest BCUT2D eigenvalue weighted by molar-refractivity contribution is 0.232. The number of hydrogen-bond donors (Lipinski definition) is 0. The molecule has 0 saturated carbocycles. The Morgan fingerprint density at radius 3 is 3.15 bits per heavy atom. The van der Waals surface area contributed by atoms with Crippen LogP contribution in [0.1, 0.15) is 19.8 Å². The Labute approximate surface area is 78.6 Å². The van der Waals surface area contributed by atoms with Crippen LogP contribution in [-0.4, -0.2) is 24.5 Å². The normalized spacial score (nSPS) is 23.8. The Balaban J connectivity index is 2.50. The zero-order chi connectivity index (χ0) is 9.68. The summed E-state index contributed by atoms with van der Waals surface area (Å²) in [5.74, 6) is 0.00486. The van der Waals surface area contributed by atoms with E-state index in [0.717, 1.165) is 19.5 Å². The van der Waals surface area contributed by atoms with Gasteiger partial charge in [0.15, 0.2) is 0 Å². The molecular formula is C10H15FN2. The molecule has 0 aromatic rings. The smallest absolute Gasteiger partial charge is 0.110 e. The molecule has 0 amide bonds. The van der Waals surface area contributed by atoms with Gasteiger partial charge >= 0.3 is 0 Å². The molecule has 0 spiro atoms. The topological polar surface area (TPSA) is 27.0 Å². The average molecular weight is 182 g/mol. The lowest BCUT2D eigenvalue weighted by Crippen LogP contribution is -2.34.